The van der Waals surface area contributed by atoms with Gasteiger partial charge in [-0.05, 0) is 24.3 Å². The lowest BCUT2D eigenvalue weighted by molar-refractivity contribution is -0.114. The third-order valence-corrected chi connectivity index (χ3v) is 2.74. The van der Waals surface area contributed by atoms with Gasteiger partial charge in [0.1, 0.15) is 18.6 Å². The van der Waals surface area contributed by atoms with Crippen molar-refractivity contribution >= 4 is 11.6 Å². The molecule has 0 spiro atoms. The lowest BCUT2D eigenvalue weighted by Gasteiger charge is -2.11. The van der Waals surface area contributed by atoms with Gasteiger partial charge in [0.15, 0.2) is 5.71 Å². The van der Waals surface area contributed by atoms with Crippen LogP contribution in [-0.4, -0.2) is 25.8 Å². The molecule has 2 aromatic rings. The maximum atomic E-state index is 11.9. The zero-order valence-electron chi connectivity index (χ0n) is 11.9. The molecule has 5 nitrogen and oxygen atoms in total. The fourth-order valence-electron chi connectivity index (χ4n) is 1.79. The Kier molecular flexibility index (Phi) is 4.93. The van der Waals surface area contributed by atoms with Crippen LogP contribution in [0, 0.1) is 0 Å². The first-order valence-corrected chi connectivity index (χ1v) is 6.41. The van der Waals surface area contributed by atoms with Gasteiger partial charge in [0.05, 0.1) is 5.56 Å². The van der Waals surface area contributed by atoms with Crippen LogP contribution in [0.15, 0.2) is 59.8 Å². The Morgan fingerprint density at radius 1 is 1.05 bits per heavy atom. The van der Waals surface area contributed by atoms with Gasteiger partial charge < -0.3 is 14.9 Å². The molecule has 0 saturated heterocycles. The summed E-state index contributed by atoms with van der Waals surface area (Å²) < 4.78 is 5.82. The molecule has 0 fully saturated rings. The fourth-order valence-corrected chi connectivity index (χ4v) is 1.79. The van der Waals surface area contributed by atoms with E-state index in [0.717, 1.165) is 0 Å². The highest BCUT2D eigenvalue weighted by Crippen LogP contribution is 2.25. The van der Waals surface area contributed by atoms with Crippen molar-refractivity contribution in [1.82, 2.24) is 5.32 Å². The maximum Gasteiger partial charge on any atom is 0.273 e. The van der Waals surface area contributed by atoms with Gasteiger partial charge in [-0.1, -0.05) is 35.5 Å². The van der Waals surface area contributed by atoms with Crippen LogP contribution in [0.1, 0.15) is 5.56 Å². The SMILES string of the molecule is CNC(=O)/C(=N/OC)c1ccccc1Oc1ccccc1. The van der Waals surface area contributed by atoms with E-state index < -0.39 is 0 Å². The average Bonchev–Trinajstić information content (AvgIpc) is 2.54. The number of likely N-dealkylation sites (N-methyl/N-ethyl adjacent to an activating group) is 1. The minimum absolute atomic E-state index is 0.159. The number of nitrogens with zero attached hydrogens (tertiary/aromatic N) is 1. The summed E-state index contributed by atoms with van der Waals surface area (Å²) in [4.78, 5) is 16.7. The van der Waals surface area contributed by atoms with Crippen LogP contribution >= 0.6 is 0 Å². The summed E-state index contributed by atoms with van der Waals surface area (Å²) in [5.74, 6) is 0.864. The molecular weight excluding hydrogens is 268 g/mol. The normalized spacial score (nSPS) is 10.9. The number of hydrogen-bond acceptors (Lipinski definition) is 4. The predicted molar refractivity (Wildman–Crippen MR) is 80.6 cm³/mol. The van der Waals surface area contributed by atoms with Crippen LogP contribution in [-0.2, 0) is 9.63 Å². The molecule has 5 heteroatoms. The fraction of sp³-hybridized carbons (Fsp3) is 0.125. The summed E-state index contributed by atoms with van der Waals surface area (Å²) in [7, 11) is 2.93. The van der Waals surface area contributed by atoms with E-state index in [-0.39, 0.29) is 11.6 Å². The number of rotatable bonds is 5. The number of hydrogen-bond donors (Lipinski definition) is 1. The number of amides is 1. The van der Waals surface area contributed by atoms with Gasteiger partial charge in [-0.25, -0.2) is 0 Å². The molecule has 0 heterocycles. The minimum Gasteiger partial charge on any atom is -0.457 e. The van der Waals surface area contributed by atoms with Crippen LogP contribution in [0.25, 0.3) is 0 Å². The summed E-state index contributed by atoms with van der Waals surface area (Å²) >= 11 is 0. The van der Waals surface area contributed by atoms with Crippen LogP contribution < -0.4 is 10.1 Å². The standard InChI is InChI=1S/C16H16N2O3/c1-17-16(19)15(18-20-2)13-10-6-7-11-14(13)21-12-8-4-3-5-9-12/h3-11H,1-2H3,(H,17,19)/b18-15+. The van der Waals surface area contributed by atoms with Gasteiger partial charge in [-0.3, -0.25) is 4.79 Å². The van der Waals surface area contributed by atoms with E-state index in [2.05, 4.69) is 10.5 Å². The number of oxime groups is 1. The molecule has 0 unspecified atom stereocenters. The number of para-hydroxylation sites is 2. The van der Waals surface area contributed by atoms with Crippen molar-refractivity contribution in [3.05, 3.63) is 60.2 Å². The molecule has 0 radical (unpaired) electrons. The number of nitrogens with one attached hydrogen (secondary N) is 1. The van der Waals surface area contributed by atoms with E-state index in [1.54, 1.807) is 18.2 Å². The molecule has 21 heavy (non-hydrogen) atoms. The van der Waals surface area contributed by atoms with Crippen molar-refractivity contribution in [3.63, 3.8) is 0 Å². The van der Waals surface area contributed by atoms with Gasteiger partial charge in [0.2, 0.25) is 0 Å². The molecule has 0 aromatic heterocycles. The Morgan fingerprint density at radius 3 is 2.38 bits per heavy atom. The Morgan fingerprint density at radius 2 is 1.71 bits per heavy atom. The molecule has 1 amide bonds. The van der Waals surface area contributed by atoms with E-state index in [9.17, 15) is 4.79 Å². The number of ether oxygens (including phenoxy) is 1. The van der Waals surface area contributed by atoms with Gasteiger partial charge in [0, 0.05) is 7.05 Å². The Hall–Kier alpha value is -2.82. The molecule has 0 saturated carbocycles. The molecule has 2 aromatic carbocycles. The van der Waals surface area contributed by atoms with Gasteiger partial charge in [-0.2, -0.15) is 0 Å². The smallest absolute Gasteiger partial charge is 0.273 e. The Balaban J connectivity index is 2.40. The van der Waals surface area contributed by atoms with E-state index in [0.29, 0.717) is 17.1 Å². The van der Waals surface area contributed by atoms with Crippen molar-refractivity contribution < 1.29 is 14.4 Å². The second-order valence-electron chi connectivity index (χ2n) is 4.11. The maximum absolute atomic E-state index is 11.9. The molecule has 0 aliphatic rings. The summed E-state index contributed by atoms with van der Waals surface area (Å²) in [6.45, 7) is 0. The highest BCUT2D eigenvalue weighted by molar-refractivity contribution is 6.45. The van der Waals surface area contributed by atoms with Crippen LogP contribution in [0.2, 0.25) is 0 Å². The first kappa shape index (κ1) is 14.6. The zero-order valence-corrected chi connectivity index (χ0v) is 11.9. The van der Waals surface area contributed by atoms with Crippen molar-refractivity contribution in [1.29, 1.82) is 0 Å². The molecular formula is C16H16N2O3. The van der Waals surface area contributed by atoms with Crippen molar-refractivity contribution in [3.8, 4) is 11.5 Å². The number of benzene rings is 2. The highest BCUT2D eigenvalue weighted by Gasteiger charge is 2.18. The second kappa shape index (κ2) is 7.09. The van der Waals surface area contributed by atoms with Gasteiger partial charge in [-0.15, -0.1) is 0 Å². The molecule has 2 rings (SSSR count). The number of carbonyl (C=O) groups is 1. The van der Waals surface area contributed by atoms with Crippen LogP contribution in [0.3, 0.4) is 0 Å². The summed E-state index contributed by atoms with van der Waals surface area (Å²) in [5.41, 5.74) is 0.717. The first-order chi connectivity index (χ1) is 10.3. The van der Waals surface area contributed by atoms with Gasteiger partial charge >= 0.3 is 0 Å². The summed E-state index contributed by atoms with van der Waals surface area (Å²) in [5, 5.41) is 6.33. The van der Waals surface area contributed by atoms with E-state index in [1.165, 1.54) is 14.2 Å². The molecule has 108 valence electrons. The predicted octanol–water partition coefficient (Wildman–Crippen LogP) is 2.58. The van der Waals surface area contributed by atoms with Crippen LogP contribution in [0.5, 0.6) is 11.5 Å². The zero-order chi connectivity index (χ0) is 15.1. The second-order valence-corrected chi connectivity index (χ2v) is 4.11. The lowest BCUT2D eigenvalue weighted by atomic mass is 10.1. The highest BCUT2D eigenvalue weighted by atomic mass is 16.6. The lowest BCUT2D eigenvalue weighted by Crippen LogP contribution is -2.28. The Labute approximate surface area is 123 Å². The van der Waals surface area contributed by atoms with E-state index >= 15 is 0 Å². The molecule has 0 bridgehead atoms. The van der Waals surface area contributed by atoms with Gasteiger partial charge in [0.25, 0.3) is 5.91 Å². The van der Waals surface area contributed by atoms with Crippen molar-refractivity contribution in [2.75, 3.05) is 14.2 Å². The topological polar surface area (TPSA) is 59.9 Å². The van der Waals surface area contributed by atoms with Crippen molar-refractivity contribution in [2.45, 2.75) is 0 Å². The summed E-state index contributed by atoms with van der Waals surface area (Å²) in [6.07, 6.45) is 0. The van der Waals surface area contributed by atoms with E-state index in [4.69, 9.17) is 9.57 Å². The third-order valence-electron chi connectivity index (χ3n) is 2.74. The quantitative estimate of drug-likeness (QED) is 0.678. The third kappa shape index (κ3) is 3.60. The molecule has 0 aliphatic carbocycles. The monoisotopic (exact) mass is 284 g/mol. The average molecular weight is 284 g/mol. The van der Waals surface area contributed by atoms with Crippen molar-refractivity contribution in [2.24, 2.45) is 5.16 Å². The Bertz CT molecular complexity index is 639. The molecule has 1 N–H and O–H groups in total. The number of carbonyl (C=O) groups excluding carboxylic acids is 1. The first-order valence-electron chi connectivity index (χ1n) is 6.41. The molecule has 0 aliphatic heterocycles. The largest absolute Gasteiger partial charge is 0.457 e. The molecule has 0 atom stereocenters. The van der Waals surface area contributed by atoms with E-state index in [1.807, 2.05) is 36.4 Å². The van der Waals surface area contributed by atoms with Crippen LogP contribution in [0.4, 0.5) is 0 Å². The summed E-state index contributed by atoms with van der Waals surface area (Å²) in [6, 6.07) is 16.5. The minimum atomic E-state index is -0.346.